The number of nitrogens with zero attached hydrogens (tertiary/aromatic N) is 1. The molecule has 1 aliphatic rings. The summed E-state index contributed by atoms with van der Waals surface area (Å²) in [6, 6.07) is 1.20. The summed E-state index contributed by atoms with van der Waals surface area (Å²) < 4.78 is 12.9. The molecule has 1 aromatic rings. The third-order valence-corrected chi connectivity index (χ3v) is 3.45. The number of hydrogen-bond acceptors (Lipinski definition) is 3. The van der Waals surface area contributed by atoms with Crippen molar-refractivity contribution in [3.05, 3.63) is 29.8 Å². The molecule has 2 heterocycles. The summed E-state index contributed by atoms with van der Waals surface area (Å²) in [4.78, 5) is 15.5. The molecular formula is C13H20Cl2FN3O. The zero-order chi connectivity index (χ0) is 13.0. The van der Waals surface area contributed by atoms with Crippen LogP contribution in [0.25, 0.3) is 0 Å². The van der Waals surface area contributed by atoms with Crippen LogP contribution >= 0.6 is 24.8 Å². The molecular weight excluding hydrogens is 304 g/mol. The van der Waals surface area contributed by atoms with E-state index >= 15 is 0 Å². The summed E-state index contributed by atoms with van der Waals surface area (Å²) in [6.45, 7) is 4.74. The van der Waals surface area contributed by atoms with Gasteiger partial charge in [-0.25, -0.2) is 4.39 Å². The van der Waals surface area contributed by atoms with Crippen LogP contribution in [0.1, 0.15) is 30.1 Å². The molecule has 0 aliphatic carbocycles. The lowest BCUT2D eigenvalue weighted by atomic mass is 9.81. The topological polar surface area (TPSA) is 54.0 Å². The molecule has 0 atom stereocenters. The lowest BCUT2D eigenvalue weighted by Gasteiger charge is -2.34. The third kappa shape index (κ3) is 5.23. The maximum Gasteiger partial charge on any atom is 0.252 e. The summed E-state index contributed by atoms with van der Waals surface area (Å²) in [5.74, 6) is -0.752. The maximum atomic E-state index is 12.9. The Labute approximate surface area is 130 Å². The number of pyridine rings is 1. The van der Waals surface area contributed by atoms with Crippen LogP contribution < -0.4 is 10.6 Å². The summed E-state index contributed by atoms with van der Waals surface area (Å²) in [7, 11) is 0. The second-order valence-electron chi connectivity index (χ2n) is 5.14. The summed E-state index contributed by atoms with van der Waals surface area (Å²) in [5.41, 5.74) is 0.398. The minimum atomic E-state index is -0.490. The SMILES string of the molecule is CC1(CNC(=O)c2cncc(F)c2)CCNCC1.Cl.Cl. The monoisotopic (exact) mass is 323 g/mol. The number of hydrogen-bond donors (Lipinski definition) is 2. The van der Waals surface area contributed by atoms with Crippen molar-refractivity contribution >= 4 is 30.7 Å². The van der Waals surface area contributed by atoms with Crippen LogP contribution in [0.4, 0.5) is 4.39 Å². The number of amides is 1. The van der Waals surface area contributed by atoms with Crippen molar-refractivity contribution in [1.29, 1.82) is 0 Å². The highest BCUT2D eigenvalue weighted by Crippen LogP contribution is 2.26. The Balaban J connectivity index is 0.00000180. The predicted octanol–water partition coefficient (Wildman–Crippen LogP) is 2.18. The number of carbonyl (C=O) groups is 1. The molecule has 4 nitrogen and oxygen atoms in total. The molecule has 2 rings (SSSR count). The fraction of sp³-hybridized carbons (Fsp3) is 0.538. The highest BCUT2D eigenvalue weighted by molar-refractivity contribution is 5.93. The normalized spacial score (nSPS) is 16.5. The largest absolute Gasteiger partial charge is 0.351 e. The molecule has 7 heteroatoms. The molecule has 2 N–H and O–H groups in total. The van der Waals surface area contributed by atoms with Crippen molar-refractivity contribution in [2.75, 3.05) is 19.6 Å². The van der Waals surface area contributed by atoms with Crippen LogP contribution in [0.2, 0.25) is 0 Å². The van der Waals surface area contributed by atoms with Crippen LogP contribution in [0.15, 0.2) is 18.5 Å². The van der Waals surface area contributed by atoms with E-state index in [0.29, 0.717) is 6.54 Å². The van der Waals surface area contributed by atoms with Crippen LogP contribution in [-0.4, -0.2) is 30.5 Å². The predicted molar refractivity (Wildman–Crippen MR) is 81.2 cm³/mol. The number of aromatic nitrogens is 1. The average molecular weight is 324 g/mol. The summed E-state index contributed by atoms with van der Waals surface area (Å²) >= 11 is 0. The molecule has 114 valence electrons. The molecule has 1 saturated heterocycles. The van der Waals surface area contributed by atoms with Gasteiger partial charge >= 0.3 is 0 Å². The van der Waals surface area contributed by atoms with Gasteiger partial charge in [0.2, 0.25) is 0 Å². The van der Waals surface area contributed by atoms with E-state index in [1.807, 2.05) is 0 Å². The van der Waals surface area contributed by atoms with Gasteiger partial charge in [-0.05, 0) is 37.4 Å². The molecule has 0 aromatic carbocycles. The minimum absolute atomic E-state index is 0. The second-order valence-corrected chi connectivity index (χ2v) is 5.14. The molecule has 0 spiro atoms. The quantitative estimate of drug-likeness (QED) is 0.896. The second kappa shape index (κ2) is 8.39. The number of piperidine rings is 1. The van der Waals surface area contributed by atoms with E-state index in [1.54, 1.807) is 0 Å². The van der Waals surface area contributed by atoms with E-state index in [2.05, 4.69) is 22.5 Å². The molecule has 1 aromatic heterocycles. The Hall–Kier alpha value is -0.910. The Morgan fingerprint density at radius 3 is 2.65 bits per heavy atom. The van der Waals surface area contributed by atoms with E-state index in [9.17, 15) is 9.18 Å². The van der Waals surface area contributed by atoms with Crippen molar-refractivity contribution in [2.24, 2.45) is 5.41 Å². The summed E-state index contributed by atoms with van der Waals surface area (Å²) in [5, 5.41) is 6.16. The first kappa shape index (κ1) is 19.1. The maximum absolute atomic E-state index is 12.9. The molecule has 20 heavy (non-hydrogen) atoms. The first-order valence-electron chi connectivity index (χ1n) is 6.19. The van der Waals surface area contributed by atoms with Gasteiger partial charge in [0.25, 0.3) is 5.91 Å². The first-order chi connectivity index (χ1) is 8.59. The fourth-order valence-corrected chi connectivity index (χ4v) is 2.14. The number of rotatable bonds is 3. The molecule has 0 bridgehead atoms. The van der Waals surface area contributed by atoms with Gasteiger partial charge in [-0.15, -0.1) is 24.8 Å². The van der Waals surface area contributed by atoms with Crippen molar-refractivity contribution in [1.82, 2.24) is 15.6 Å². The van der Waals surface area contributed by atoms with Gasteiger partial charge in [0, 0.05) is 12.7 Å². The molecule has 0 saturated carbocycles. The number of nitrogens with one attached hydrogen (secondary N) is 2. The molecule has 1 amide bonds. The van der Waals surface area contributed by atoms with Crippen molar-refractivity contribution < 1.29 is 9.18 Å². The zero-order valence-corrected chi connectivity index (χ0v) is 13.0. The lowest BCUT2D eigenvalue weighted by molar-refractivity contribution is 0.0921. The van der Waals surface area contributed by atoms with Gasteiger partial charge in [-0.2, -0.15) is 0 Å². The van der Waals surface area contributed by atoms with E-state index in [0.717, 1.165) is 32.1 Å². The molecule has 1 aliphatic heterocycles. The first-order valence-corrected chi connectivity index (χ1v) is 6.19. The van der Waals surface area contributed by atoms with Crippen LogP contribution in [0.3, 0.4) is 0 Å². The minimum Gasteiger partial charge on any atom is -0.351 e. The third-order valence-electron chi connectivity index (χ3n) is 3.45. The zero-order valence-electron chi connectivity index (χ0n) is 11.3. The Bertz CT molecular complexity index is 439. The van der Waals surface area contributed by atoms with Crippen molar-refractivity contribution in [3.8, 4) is 0 Å². The fourth-order valence-electron chi connectivity index (χ4n) is 2.14. The smallest absolute Gasteiger partial charge is 0.252 e. The summed E-state index contributed by atoms with van der Waals surface area (Å²) in [6.07, 6.45) is 4.54. The van der Waals surface area contributed by atoms with Crippen LogP contribution in [-0.2, 0) is 0 Å². The molecule has 0 unspecified atom stereocenters. The van der Waals surface area contributed by atoms with Gasteiger partial charge < -0.3 is 10.6 Å². The highest BCUT2D eigenvalue weighted by atomic mass is 35.5. The van der Waals surface area contributed by atoms with Crippen molar-refractivity contribution in [2.45, 2.75) is 19.8 Å². The highest BCUT2D eigenvalue weighted by Gasteiger charge is 2.27. The van der Waals surface area contributed by atoms with Gasteiger partial charge in [0.15, 0.2) is 0 Å². The lowest BCUT2D eigenvalue weighted by Crippen LogP contribution is -2.42. The van der Waals surface area contributed by atoms with Gasteiger partial charge in [-0.3, -0.25) is 9.78 Å². The van der Waals surface area contributed by atoms with Gasteiger partial charge in [-0.1, -0.05) is 6.92 Å². The van der Waals surface area contributed by atoms with E-state index in [4.69, 9.17) is 0 Å². The van der Waals surface area contributed by atoms with E-state index in [-0.39, 0.29) is 41.7 Å². The molecule has 1 fully saturated rings. The van der Waals surface area contributed by atoms with Crippen molar-refractivity contribution in [3.63, 3.8) is 0 Å². The Morgan fingerprint density at radius 2 is 2.05 bits per heavy atom. The van der Waals surface area contributed by atoms with Gasteiger partial charge in [0.05, 0.1) is 11.8 Å². The van der Waals surface area contributed by atoms with E-state index < -0.39 is 5.82 Å². The number of carbonyl (C=O) groups excluding carboxylic acids is 1. The molecule has 0 radical (unpaired) electrons. The van der Waals surface area contributed by atoms with Crippen LogP contribution in [0.5, 0.6) is 0 Å². The Kier molecular flexibility index (Phi) is 8.01. The average Bonchev–Trinajstić information content (AvgIpc) is 2.37. The van der Waals surface area contributed by atoms with E-state index in [1.165, 1.54) is 12.3 Å². The van der Waals surface area contributed by atoms with Crippen LogP contribution in [0, 0.1) is 11.2 Å². The standard InChI is InChI=1S/C13H18FN3O.2ClH/c1-13(2-4-15-5-3-13)9-17-12(18)10-6-11(14)8-16-7-10;;/h6-8,15H,2-5,9H2,1H3,(H,17,18);2*1H. The Morgan fingerprint density at radius 1 is 1.40 bits per heavy atom. The number of halogens is 3. The van der Waals surface area contributed by atoms with Gasteiger partial charge in [0.1, 0.15) is 5.82 Å².